The summed E-state index contributed by atoms with van der Waals surface area (Å²) in [4.78, 5) is 23.2. The number of rotatable bonds is 5. The van der Waals surface area contributed by atoms with Gasteiger partial charge in [-0.3, -0.25) is 4.79 Å². The first-order valence-electron chi connectivity index (χ1n) is 7.44. The Bertz CT molecular complexity index is 898. The van der Waals surface area contributed by atoms with Crippen molar-refractivity contribution in [2.75, 3.05) is 0 Å². The molecular weight excluding hydrogens is 384 g/mol. The molecular formula is C20H13BrO4. The topological polar surface area (TPSA) is 63.6 Å². The lowest BCUT2D eigenvalue weighted by atomic mass is 10.0. The van der Waals surface area contributed by atoms with Gasteiger partial charge in [-0.1, -0.05) is 15.9 Å². The minimum absolute atomic E-state index is 0.0649. The van der Waals surface area contributed by atoms with Crippen molar-refractivity contribution < 1.29 is 19.4 Å². The molecule has 5 heteroatoms. The Kier molecular flexibility index (Phi) is 4.95. The van der Waals surface area contributed by atoms with E-state index in [-0.39, 0.29) is 11.3 Å². The summed E-state index contributed by atoms with van der Waals surface area (Å²) < 4.78 is 6.58. The lowest BCUT2D eigenvalue weighted by Gasteiger charge is -2.07. The molecule has 0 unspecified atom stereocenters. The van der Waals surface area contributed by atoms with Crippen LogP contribution in [0.2, 0.25) is 0 Å². The van der Waals surface area contributed by atoms with Crippen LogP contribution in [-0.2, 0) is 0 Å². The van der Waals surface area contributed by atoms with E-state index in [1.54, 1.807) is 48.5 Å². The third kappa shape index (κ3) is 4.14. The van der Waals surface area contributed by atoms with E-state index in [1.807, 2.05) is 12.1 Å². The van der Waals surface area contributed by atoms with Gasteiger partial charge in [0.2, 0.25) is 0 Å². The van der Waals surface area contributed by atoms with Gasteiger partial charge in [-0.2, -0.15) is 0 Å². The van der Waals surface area contributed by atoms with Crippen molar-refractivity contribution in [3.63, 3.8) is 0 Å². The van der Waals surface area contributed by atoms with Crippen LogP contribution in [0.4, 0.5) is 0 Å². The summed E-state index contributed by atoms with van der Waals surface area (Å²) >= 11 is 3.34. The second kappa shape index (κ2) is 7.32. The van der Waals surface area contributed by atoms with Crippen molar-refractivity contribution in [2.24, 2.45) is 0 Å². The highest BCUT2D eigenvalue weighted by atomic mass is 79.9. The Morgan fingerprint density at radius 2 is 1.08 bits per heavy atom. The van der Waals surface area contributed by atoms with Gasteiger partial charge in [0.15, 0.2) is 5.78 Å². The van der Waals surface area contributed by atoms with E-state index in [9.17, 15) is 9.59 Å². The van der Waals surface area contributed by atoms with Crippen molar-refractivity contribution in [3.8, 4) is 11.5 Å². The van der Waals surface area contributed by atoms with Gasteiger partial charge in [0, 0.05) is 15.6 Å². The van der Waals surface area contributed by atoms with Gasteiger partial charge >= 0.3 is 5.97 Å². The molecule has 1 N–H and O–H groups in total. The molecule has 0 aromatic heterocycles. The molecule has 0 fully saturated rings. The Morgan fingerprint density at radius 1 is 0.680 bits per heavy atom. The zero-order chi connectivity index (χ0) is 17.8. The molecule has 0 aliphatic heterocycles. The highest BCUT2D eigenvalue weighted by Gasteiger charge is 2.09. The molecule has 0 saturated carbocycles. The molecule has 0 radical (unpaired) electrons. The summed E-state index contributed by atoms with van der Waals surface area (Å²) in [5, 5.41) is 8.88. The van der Waals surface area contributed by atoms with E-state index in [0.29, 0.717) is 22.6 Å². The largest absolute Gasteiger partial charge is 0.478 e. The second-order valence-electron chi connectivity index (χ2n) is 5.29. The Hall–Kier alpha value is -2.92. The molecule has 0 atom stereocenters. The van der Waals surface area contributed by atoms with E-state index in [1.165, 1.54) is 12.1 Å². The Morgan fingerprint density at radius 3 is 1.52 bits per heavy atom. The summed E-state index contributed by atoms with van der Waals surface area (Å²) in [7, 11) is 0. The minimum Gasteiger partial charge on any atom is -0.478 e. The maximum atomic E-state index is 12.4. The molecule has 0 bridgehead atoms. The number of carboxylic acids is 1. The van der Waals surface area contributed by atoms with Crippen LogP contribution in [0.1, 0.15) is 26.3 Å². The van der Waals surface area contributed by atoms with E-state index in [0.717, 1.165) is 4.47 Å². The van der Waals surface area contributed by atoms with Crippen molar-refractivity contribution in [2.45, 2.75) is 0 Å². The first kappa shape index (κ1) is 16.9. The molecule has 0 spiro atoms. The van der Waals surface area contributed by atoms with Crippen molar-refractivity contribution in [3.05, 3.63) is 94.0 Å². The Labute approximate surface area is 152 Å². The van der Waals surface area contributed by atoms with Crippen LogP contribution in [0, 0.1) is 0 Å². The number of halogens is 1. The molecule has 0 aliphatic rings. The molecule has 0 heterocycles. The first-order chi connectivity index (χ1) is 12.0. The lowest BCUT2D eigenvalue weighted by Crippen LogP contribution is -2.00. The maximum Gasteiger partial charge on any atom is 0.335 e. The minimum atomic E-state index is -0.984. The van der Waals surface area contributed by atoms with Crippen molar-refractivity contribution in [1.82, 2.24) is 0 Å². The number of hydrogen-bond donors (Lipinski definition) is 1. The molecule has 4 nitrogen and oxygen atoms in total. The van der Waals surface area contributed by atoms with Gasteiger partial charge in [-0.15, -0.1) is 0 Å². The molecule has 0 amide bonds. The van der Waals surface area contributed by atoms with Gasteiger partial charge in [-0.25, -0.2) is 4.79 Å². The van der Waals surface area contributed by atoms with Gasteiger partial charge in [0.25, 0.3) is 0 Å². The fourth-order valence-electron chi connectivity index (χ4n) is 2.24. The van der Waals surface area contributed by atoms with Crippen LogP contribution in [0.5, 0.6) is 11.5 Å². The molecule has 3 rings (SSSR count). The lowest BCUT2D eigenvalue weighted by molar-refractivity contribution is 0.0696. The zero-order valence-electron chi connectivity index (χ0n) is 13.0. The third-order valence-electron chi connectivity index (χ3n) is 3.56. The quantitative estimate of drug-likeness (QED) is 0.604. The third-order valence-corrected chi connectivity index (χ3v) is 4.09. The van der Waals surface area contributed by atoms with E-state index < -0.39 is 5.97 Å². The standard InChI is InChI=1S/C20H13BrO4/c21-16-7-1-13(2-8-16)19(22)14-3-9-17(10-4-14)25-18-11-5-15(6-12-18)20(23)24/h1-12H,(H,23,24). The molecule has 3 aromatic rings. The first-order valence-corrected chi connectivity index (χ1v) is 8.24. The van der Waals surface area contributed by atoms with E-state index in [4.69, 9.17) is 9.84 Å². The van der Waals surface area contributed by atoms with Crippen LogP contribution >= 0.6 is 15.9 Å². The van der Waals surface area contributed by atoms with Gasteiger partial charge < -0.3 is 9.84 Å². The molecule has 0 aliphatic carbocycles. The summed E-state index contributed by atoms with van der Waals surface area (Å²) in [6, 6.07) is 20.1. The molecule has 0 saturated heterocycles. The molecule has 124 valence electrons. The monoisotopic (exact) mass is 396 g/mol. The summed E-state index contributed by atoms with van der Waals surface area (Å²) in [5.41, 5.74) is 1.37. The predicted molar refractivity (Wildman–Crippen MR) is 97.5 cm³/mol. The molecule has 25 heavy (non-hydrogen) atoms. The smallest absolute Gasteiger partial charge is 0.335 e. The van der Waals surface area contributed by atoms with Crippen LogP contribution in [-0.4, -0.2) is 16.9 Å². The number of carboxylic acid groups (broad SMARTS) is 1. The van der Waals surface area contributed by atoms with Crippen LogP contribution in [0.3, 0.4) is 0 Å². The Balaban J connectivity index is 1.72. The van der Waals surface area contributed by atoms with E-state index >= 15 is 0 Å². The normalized spacial score (nSPS) is 10.3. The number of benzene rings is 3. The highest BCUT2D eigenvalue weighted by Crippen LogP contribution is 2.23. The van der Waals surface area contributed by atoms with E-state index in [2.05, 4.69) is 15.9 Å². The van der Waals surface area contributed by atoms with Crippen molar-refractivity contribution in [1.29, 1.82) is 0 Å². The predicted octanol–water partition coefficient (Wildman–Crippen LogP) is 5.17. The maximum absolute atomic E-state index is 12.4. The second-order valence-corrected chi connectivity index (χ2v) is 6.21. The summed E-state index contributed by atoms with van der Waals surface area (Å²) in [6.07, 6.45) is 0. The SMILES string of the molecule is O=C(O)c1ccc(Oc2ccc(C(=O)c3ccc(Br)cc3)cc2)cc1. The number of ketones is 1. The average Bonchev–Trinajstić information content (AvgIpc) is 2.63. The van der Waals surface area contributed by atoms with Gasteiger partial charge in [-0.05, 0) is 72.8 Å². The fraction of sp³-hybridized carbons (Fsp3) is 0. The van der Waals surface area contributed by atoms with Crippen LogP contribution in [0.15, 0.2) is 77.3 Å². The van der Waals surface area contributed by atoms with Gasteiger partial charge in [0.1, 0.15) is 11.5 Å². The fourth-order valence-corrected chi connectivity index (χ4v) is 2.51. The number of hydrogen-bond acceptors (Lipinski definition) is 3. The van der Waals surface area contributed by atoms with Crippen LogP contribution < -0.4 is 4.74 Å². The number of carbonyl (C=O) groups is 2. The highest BCUT2D eigenvalue weighted by molar-refractivity contribution is 9.10. The summed E-state index contributed by atoms with van der Waals surface area (Å²) in [6.45, 7) is 0. The average molecular weight is 397 g/mol. The van der Waals surface area contributed by atoms with Crippen molar-refractivity contribution >= 4 is 27.7 Å². The number of aromatic carboxylic acids is 1. The number of ether oxygens (including phenoxy) is 1. The zero-order valence-corrected chi connectivity index (χ0v) is 14.6. The number of carbonyl (C=O) groups excluding carboxylic acids is 1. The molecule has 3 aromatic carbocycles. The van der Waals surface area contributed by atoms with Gasteiger partial charge in [0.05, 0.1) is 5.56 Å². The van der Waals surface area contributed by atoms with Crippen LogP contribution in [0.25, 0.3) is 0 Å². The summed E-state index contributed by atoms with van der Waals surface area (Å²) in [5.74, 6) is 0.0413.